The highest BCUT2D eigenvalue weighted by molar-refractivity contribution is 7.89. The van der Waals surface area contributed by atoms with Crippen molar-refractivity contribution in [3.05, 3.63) is 58.9 Å². The molecule has 0 aromatic heterocycles. The Labute approximate surface area is 174 Å². The fraction of sp³-hybridized carbons (Fsp3) is 0.250. The van der Waals surface area contributed by atoms with Gasteiger partial charge in [-0.25, -0.2) is 12.8 Å². The van der Waals surface area contributed by atoms with Crippen molar-refractivity contribution in [2.45, 2.75) is 4.90 Å². The van der Waals surface area contributed by atoms with Crippen LogP contribution in [0.1, 0.15) is 10.4 Å². The van der Waals surface area contributed by atoms with Crippen LogP contribution < -0.4 is 10.2 Å². The molecule has 2 aromatic carbocycles. The van der Waals surface area contributed by atoms with Gasteiger partial charge in [0.25, 0.3) is 5.91 Å². The lowest BCUT2D eigenvalue weighted by Crippen LogP contribution is -2.48. The summed E-state index contributed by atoms with van der Waals surface area (Å²) in [6.45, 7) is 1.41. The maximum atomic E-state index is 13.1. The summed E-state index contributed by atoms with van der Waals surface area (Å²) in [6.07, 6.45) is 5.13. The Kier molecular flexibility index (Phi) is 6.42. The number of carbonyl (C=O) groups excluding carboxylic acids is 1. The lowest BCUT2D eigenvalue weighted by molar-refractivity contribution is 0.0958. The zero-order chi connectivity index (χ0) is 21.0. The van der Waals surface area contributed by atoms with E-state index in [0.29, 0.717) is 13.1 Å². The number of nitrogens with zero attached hydrogens (tertiary/aromatic N) is 2. The first-order valence-electron chi connectivity index (χ1n) is 8.85. The second-order valence-corrected chi connectivity index (χ2v) is 8.71. The topological polar surface area (TPSA) is 69.7 Å². The van der Waals surface area contributed by atoms with Gasteiger partial charge in [-0.3, -0.25) is 4.79 Å². The van der Waals surface area contributed by atoms with Crippen molar-refractivity contribution in [3.8, 4) is 12.3 Å². The van der Waals surface area contributed by atoms with Crippen molar-refractivity contribution in [1.29, 1.82) is 0 Å². The van der Waals surface area contributed by atoms with Gasteiger partial charge in [-0.05, 0) is 42.5 Å². The summed E-state index contributed by atoms with van der Waals surface area (Å²) in [5.74, 6) is 1.49. The van der Waals surface area contributed by atoms with Crippen molar-refractivity contribution in [2.75, 3.05) is 37.6 Å². The second kappa shape index (κ2) is 8.82. The molecule has 1 aliphatic rings. The van der Waals surface area contributed by atoms with Gasteiger partial charge in [0.1, 0.15) is 10.7 Å². The minimum absolute atomic E-state index is 0.0366. The first kappa shape index (κ1) is 21.1. The van der Waals surface area contributed by atoms with Crippen LogP contribution in [0.15, 0.2) is 47.4 Å². The molecule has 9 heteroatoms. The molecule has 29 heavy (non-hydrogen) atoms. The fourth-order valence-electron chi connectivity index (χ4n) is 3.05. The summed E-state index contributed by atoms with van der Waals surface area (Å²) >= 11 is 6.13. The molecule has 0 radical (unpaired) electrons. The number of hydrogen-bond donors (Lipinski definition) is 1. The molecule has 0 unspecified atom stereocenters. The molecule has 0 spiro atoms. The Hall–Kier alpha value is -2.60. The Morgan fingerprint density at radius 2 is 1.79 bits per heavy atom. The number of anilines is 1. The third-order valence-electron chi connectivity index (χ3n) is 4.59. The number of rotatable bonds is 5. The van der Waals surface area contributed by atoms with Crippen LogP contribution in [0.5, 0.6) is 0 Å². The van der Waals surface area contributed by atoms with Gasteiger partial charge in [-0.2, -0.15) is 4.31 Å². The third kappa shape index (κ3) is 4.70. The van der Waals surface area contributed by atoms with Gasteiger partial charge >= 0.3 is 0 Å². The molecule has 152 valence electrons. The average Bonchev–Trinajstić information content (AvgIpc) is 2.73. The Bertz CT molecular complexity index is 1040. The van der Waals surface area contributed by atoms with Gasteiger partial charge in [0, 0.05) is 37.4 Å². The van der Waals surface area contributed by atoms with E-state index in [9.17, 15) is 17.6 Å². The first-order valence-corrected chi connectivity index (χ1v) is 10.7. The molecular formula is C20H19ClFN3O3S. The summed E-state index contributed by atoms with van der Waals surface area (Å²) < 4.78 is 40.6. The average molecular weight is 436 g/mol. The SMILES string of the molecule is C#CCNC(=O)c1ccc(Cl)c(S(=O)(=O)N2CCN(c3ccc(F)cc3)CC2)c1. The molecule has 0 atom stereocenters. The zero-order valence-electron chi connectivity index (χ0n) is 15.4. The molecule has 0 bridgehead atoms. The molecule has 1 N–H and O–H groups in total. The van der Waals surface area contributed by atoms with Gasteiger partial charge in [0.15, 0.2) is 0 Å². The molecule has 1 aliphatic heterocycles. The van der Waals surface area contributed by atoms with Crippen LogP contribution in [0.25, 0.3) is 0 Å². The summed E-state index contributed by atoms with van der Waals surface area (Å²) in [5.41, 5.74) is 0.988. The molecule has 1 fully saturated rings. The number of amides is 1. The maximum Gasteiger partial charge on any atom is 0.252 e. The molecule has 1 saturated heterocycles. The number of sulfonamides is 1. The summed E-state index contributed by atoms with van der Waals surface area (Å²) in [7, 11) is -3.89. The summed E-state index contributed by atoms with van der Waals surface area (Å²) in [4.78, 5) is 14.0. The van der Waals surface area contributed by atoms with E-state index in [2.05, 4.69) is 11.2 Å². The molecular weight excluding hydrogens is 417 g/mol. The molecule has 0 aliphatic carbocycles. The summed E-state index contributed by atoms with van der Waals surface area (Å²) in [6, 6.07) is 10.1. The molecule has 1 amide bonds. The summed E-state index contributed by atoms with van der Waals surface area (Å²) in [5, 5.41) is 2.54. The Balaban J connectivity index is 1.77. The van der Waals surface area contributed by atoms with Crippen molar-refractivity contribution in [3.63, 3.8) is 0 Å². The lowest BCUT2D eigenvalue weighted by atomic mass is 10.2. The van der Waals surface area contributed by atoms with Gasteiger partial charge in [-0.1, -0.05) is 17.5 Å². The molecule has 3 rings (SSSR count). The van der Waals surface area contributed by atoms with Gasteiger partial charge in [0.05, 0.1) is 11.6 Å². The monoisotopic (exact) mass is 435 g/mol. The number of benzene rings is 2. The predicted molar refractivity (Wildman–Crippen MR) is 110 cm³/mol. The van der Waals surface area contributed by atoms with Gasteiger partial charge < -0.3 is 10.2 Å². The highest BCUT2D eigenvalue weighted by atomic mass is 35.5. The predicted octanol–water partition coefficient (Wildman–Crippen LogP) is 2.35. The minimum atomic E-state index is -3.89. The smallest absolute Gasteiger partial charge is 0.252 e. The van der Waals surface area contributed by atoms with Crippen LogP contribution in [0.4, 0.5) is 10.1 Å². The highest BCUT2D eigenvalue weighted by Crippen LogP contribution is 2.27. The van der Waals surface area contributed by atoms with Gasteiger partial charge in [-0.15, -0.1) is 6.42 Å². The first-order chi connectivity index (χ1) is 13.8. The number of nitrogens with one attached hydrogen (secondary N) is 1. The van der Waals surface area contributed by atoms with E-state index >= 15 is 0 Å². The number of carbonyl (C=O) groups is 1. The van der Waals surface area contributed by atoms with E-state index in [1.807, 2.05) is 4.90 Å². The highest BCUT2D eigenvalue weighted by Gasteiger charge is 2.31. The second-order valence-electron chi connectivity index (χ2n) is 6.40. The van der Waals surface area contributed by atoms with Crippen molar-refractivity contribution in [2.24, 2.45) is 0 Å². The standard InChI is InChI=1S/C20H19ClFN3O3S/c1-2-9-23-20(26)15-3-8-18(21)19(14-15)29(27,28)25-12-10-24(11-13-25)17-6-4-16(22)5-7-17/h1,3-8,14H,9-13H2,(H,23,26). The van der Waals surface area contributed by atoms with E-state index in [4.69, 9.17) is 18.0 Å². The number of piperazine rings is 1. The van der Waals surface area contributed by atoms with E-state index in [0.717, 1.165) is 5.69 Å². The zero-order valence-corrected chi connectivity index (χ0v) is 17.0. The van der Waals surface area contributed by atoms with Crippen molar-refractivity contribution < 1.29 is 17.6 Å². The van der Waals surface area contributed by atoms with Crippen LogP contribution >= 0.6 is 11.6 Å². The normalized spacial score (nSPS) is 15.0. The van der Waals surface area contributed by atoms with Crippen LogP contribution in [-0.2, 0) is 10.0 Å². The number of hydrogen-bond acceptors (Lipinski definition) is 4. The van der Waals surface area contributed by atoms with Crippen LogP contribution in [-0.4, -0.2) is 51.4 Å². The molecule has 6 nitrogen and oxygen atoms in total. The van der Waals surface area contributed by atoms with E-state index in [1.165, 1.54) is 34.6 Å². The maximum absolute atomic E-state index is 13.1. The van der Waals surface area contributed by atoms with E-state index < -0.39 is 15.9 Å². The minimum Gasteiger partial charge on any atom is -0.369 e. The molecule has 0 saturated carbocycles. The Morgan fingerprint density at radius 3 is 2.41 bits per heavy atom. The lowest BCUT2D eigenvalue weighted by Gasteiger charge is -2.35. The molecule has 1 heterocycles. The van der Waals surface area contributed by atoms with Crippen molar-refractivity contribution >= 4 is 33.2 Å². The number of halogens is 2. The largest absolute Gasteiger partial charge is 0.369 e. The van der Waals surface area contributed by atoms with Crippen molar-refractivity contribution in [1.82, 2.24) is 9.62 Å². The Morgan fingerprint density at radius 1 is 1.14 bits per heavy atom. The molecule has 2 aromatic rings. The van der Waals surface area contributed by atoms with Crippen LogP contribution in [0, 0.1) is 18.2 Å². The van der Waals surface area contributed by atoms with Crippen LogP contribution in [0.2, 0.25) is 5.02 Å². The van der Waals surface area contributed by atoms with Crippen LogP contribution in [0.3, 0.4) is 0 Å². The third-order valence-corrected chi connectivity index (χ3v) is 6.97. The quantitative estimate of drug-likeness (QED) is 0.732. The van der Waals surface area contributed by atoms with E-state index in [-0.39, 0.29) is 40.9 Å². The number of terminal acetylenes is 1. The van der Waals surface area contributed by atoms with E-state index in [1.54, 1.807) is 12.1 Å². The fourth-order valence-corrected chi connectivity index (χ4v) is 4.98. The van der Waals surface area contributed by atoms with Gasteiger partial charge in [0.2, 0.25) is 10.0 Å².